The Morgan fingerprint density at radius 3 is 2.90 bits per heavy atom. The number of halogens is 1. The predicted molar refractivity (Wildman–Crippen MR) is 76.7 cm³/mol. The molecular formula is C15H18ClNO3. The number of hydrogen-bond acceptors (Lipinski definition) is 2. The Balaban J connectivity index is 1.83. The van der Waals surface area contributed by atoms with E-state index in [1.54, 1.807) is 12.1 Å². The number of nitrogens with zero attached hydrogens (tertiary/aromatic N) is 1. The zero-order valence-corrected chi connectivity index (χ0v) is 12.0. The molecule has 1 atom stereocenters. The lowest BCUT2D eigenvalue weighted by molar-refractivity contribution is -0.137. The smallest absolute Gasteiger partial charge is 0.303 e. The third-order valence-corrected chi connectivity index (χ3v) is 3.88. The quantitative estimate of drug-likeness (QED) is 0.908. The minimum Gasteiger partial charge on any atom is -0.481 e. The molecule has 1 saturated heterocycles. The van der Waals surface area contributed by atoms with Crippen molar-refractivity contribution < 1.29 is 14.7 Å². The molecule has 20 heavy (non-hydrogen) atoms. The first-order chi connectivity index (χ1) is 9.54. The predicted octanol–water partition coefficient (Wildman–Crippen LogP) is 2.60. The largest absolute Gasteiger partial charge is 0.481 e. The van der Waals surface area contributed by atoms with E-state index in [0.717, 1.165) is 18.5 Å². The summed E-state index contributed by atoms with van der Waals surface area (Å²) in [6.07, 6.45) is 2.08. The molecule has 1 aliphatic rings. The molecule has 0 aromatic heterocycles. The zero-order chi connectivity index (χ0) is 14.5. The highest BCUT2D eigenvalue weighted by molar-refractivity contribution is 6.30. The van der Waals surface area contributed by atoms with Crippen LogP contribution in [0.1, 0.15) is 24.8 Å². The lowest BCUT2D eigenvalue weighted by atomic mass is 10.0. The van der Waals surface area contributed by atoms with Crippen LogP contribution in [0.25, 0.3) is 0 Å². The maximum Gasteiger partial charge on any atom is 0.303 e. The molecule has 1 heterocycles. The fraction of sp³-hybridized carbons (Fsp3) is 0.467. The standard InChI is InChI=1S/C15H18ClNO3/c16-13-3-1-2-12(8-13)9-14(18)17-7-6-11(10-17)4-5-15(19)20/h1-3,8,11H,4-7,9-10H2,(H,19,20). The van der Waals surface area contributed by atoms with Gasteiger partial charge in [0.05, 0.1) is 6.42 Å². The van der Waals surface area contributed by atoms with Crippen LogP contribution in [0.5, 0.6) is 0 Å². The van der Waals surface area contributed by atoms with Gasteiger partial charge < -0.3 is 10.0 Å². The normalized spacial score (nSPS) is 18.2. The van der Waals surface area contributed by atoms with Crippen molar-refractivity contribution in [2.75, 3.05) is 13.1 Å². The zero-order valence-electron chi connectivity index (χ0n) is 11.2. The third-order valence-electron chi connectivity index (χ3n) is 3.65. The average molecular weight is 296 g/mol. The van der Waals surface area contributed by atoms with E-state index < -0.39 is 5.97 Å². The number of rotatable bonds is 5. The Morgan fingerprint density at radius 2 is 2.20 bits per heavy atom. The molecule has 4 nitrogen and oxygen atoms in total. The summed E-state index contributed by atoms with van der Waals surface area (Å²) >= 11 is 5.90. The fourth-order valence-corrected chi connectivity index (χ4v) is 2.77. The molecule has 0 aliphatic carbocycles. The molecule has 1 aromatic rings. The fourth-order valence-electron chi connectivity index (χ4n) is 2.56. The van der Waals surface area contributed by atoms with Gasteiger partial charge in [-0.3, -0.25) is 9.59 Å². The summed E-state index contributed by atoms with van der Waals surface area (Å²) < 4.78 is 0. The summed E-state index contributed by atoms with van der Waals surface area (Å²) in [6, 6.07) is 7.32. The highest BCUT2D eigenvalue weighted by Crippen LogP contribution is 2.22. The van der Waals surface area contributed by atoms with Gasteiger partial charge in [0.2, 0.25) is 5.91 Å². The van der Waals surface area contributed by atoms with Crippen LogP contribution < -0.4 is 0 Å². The highest BCUT2D eigenvalue weighted by atomic mass is 35.5. The van der Waals surface area contributed by atoms with E-state index in [1.165, 1.54) is 0 Å². The van der Waals surface area contributed by atoms with Gasteiger partial charge in [-0.15, -0.1) is 0 Å². The van der Waals surface area contributed by atoms with Gasteiger partial charge in [-0.05, 0) is 36.5 Å². The summed E-state index contributed by atoms with van der Waals surface area (Å²) in [5.41, 5.74) is 0.913. The van der Waals surface area contributed by atoms with Crippen LogP contribution in [0.3, 0.4) is 0 Å². The SMILES string of the molecule is O=C(O)CCC1CCN(C(=O)Cc2cccc(Cl)c2)C1. The second kappa shape index (κ2) is 6.75. The molecule has 2 rings (SSSR count). The molecule has 1 unspecified atom stereocenters. The molecule has 108 valence electrons. The first-order valence-corrected chi connectivity index (χ1v) is 7.16. The summed E-state index contributed by atoms with van der Waals surface area (Å²) in [5, 5.41) is 9.31. The Morgan fingerprint density at radius 1 is 1.40 bits per heavy atom. The number of aliphatic carboxylic acids is 1. The van der Waals surface area contributed by atoms with E-state index in [-0.39, 0.29) is 12.3 Å². The summed E-state index contributed by atoms with van der Waals surface area (Å²) in [6.45, 7) is 1.40. The first kappa shape index (κ1) is 14.9. The van der Waals surface area contributed by atoms with Gasteiger partial charge >= 0.3 is 5.97 Å². The topological polar surface area (TPSA) is 57.6 Å². The highest BCUT2D eigenvalue weighted by Gasteiger charge is 2.26. The van der Waals surface area contributed by atoms with E-state index in [2.05, 4.69) is 0 Å². The van der Waals surface area contributed by atoms with Crippen LogP contribution in [-0.4, -0.2) is 35.0 Å². The van der Waals surface area contributed by atoms with E-state index in [0.29, 0.717) is 30.3 Å². The molecule has 1 fully saturated rings. The maximum atomic E-state index is 12.2. The van der Waals surface area contributed by atoms with Gasteiger partial charge in [0.25, 0.3) is 0 Å². The Kier molecular flexibility index (Phi) is 5.01. The van der Waals surface area contributed by atoms with Crippen LogP contribution >= 0.6 is 11.6 Å². The average Bonchev–Trinajstić information content (AvgIpc) is 2.85. The Hall–Kier alpha value is -1.55. The minimum absolute atomic E-state index is 0.0880. The third kappa shape index (κ3) is 4.23. The number of amides is 1. The minimum atomic E-state index is -0.770. The number of carbonyl (C=O) groups excluding carboxylic acids is 1. The molecule has 1 aliphatic heterocycles. The Labute approximate surface area is 123 Å². The molecule has 0 spiro atoms. The van der Waals surface area contributed by atoms with Crippen LogP contribution in [0.15, 0.2) is 24.3 Å². The second-order valence-corrected chi connectivity index (χ2v) is 5.67. The molecule has 1 aromatic carbocycles. The summed E-state index contributed by atoms with van der Waals surface area (Å²) in [7, 11) is 0. The number of benzene rings is 1. The Bertz CT molecular complexity index is 504. The van der Waals surface area contributed by atoms with Crippen molar-refractivity contribution in [2.45, 2.75) is 25.7 Å². The van der Waals surface area contributed by atoms with Crippen LogP contribution in [-0.2, 0) is 16.0 Å². The van der Waals surface area contributed by atoms with Gasteiger partial charge in [-0.25, -0.2) is 0 Å². The monoisotopic (exact) mass is 295 g/mol. The number of likely N-dealkylation sites (tertiary alicyclic amines) is 1. The number of carboxylic acids is 1. The lowest BCUT2D eigenvalue weighted by Crippen LogP contribution is -2.30. The second-order valence-electron chi connectivity index (χ2n) is 5.23. The number of carbonyl (C=O) groups is 2. The summed E-state index contributed by atoms with van der Waals surface area (Å²) in [5.74, 6) is -0.367. The van der Waals surface area contributed by atoms with Crippen LogP contribution in [0.4, 0.5) is 0 Å². The van der Waals surface area contributed by atoms with E-state index >= 15 is 0 Å². The molecule has 0 radical (unpaired) electrons. The molecule has 5 heteroatoms. The number of carboxylic acid groups (broad SMARTS) is 1. The van der Waals surface area contributed by atoms with Crippen molar-refractivity contribution in [3.63, 3.8) is 0 Å². The van der Waals surface area contributed by atoms with Gasteiger partial charge in [-0.1, -0.05) is 23.7 Å². The van der Waals surface area contributed by atoms with E-state index in [1.807, 2.05) is 17.0 Å². The van der Waals surface area contributed by atoms with Gasteiger partial charge in [0.15, 0.2) is 0 Å². The molecule has 1 N–H and O–H groups in total. The van der Waals surface area contributed by atoms with E-state index in [4.69, 9.17) is 16.7 Å². The van der Waals surface area contributed by atoms with E-state index in [9.17, 15) is 9.59 Å². The molecule has 0 saturated carbocycles. The van der Waals surface area contributed by atoms with Gasteiger partial charge in [-0.2, -0.15) is 0 Å². The molecule has 1 amide bonds. The number of hydrogen-bond donors (Lipinski definition) is 1. The molecule has 0 bridgehead atoms. The maximum absolute atomic E-state index is 12.2. The van der Waals surface area contributed by atoms with Gasteiger partial charge in [0, 0.05) is 24.5 Å². The van der Waals surface area contributed by atoms with Crippen molar-refractivity contribution in [2.24, 2.45) is 5.92 Å². The van der Waals surface area contributed by atoms with Crippen molar-refractivity contribution in [1.82, 2.24) is 4.90 Å². The lowest BCUT2D eigenvalue weighted by Gasteiger charge is -2.16. The van der Waals surface area contributed by atoms with Crippen LogP contribution in [0.2, 0.25) is 5.02 Å². The van der Waals surface area contributed by atoms with Crippen molar-refractivity contribution >= 4 is 23.5 Å². The first-order valence-electron chi connectivity index (χ1n) is 6.78. The summed E-state index contributed by atoms with van der Waals surface area (Å²) in [4.78, 5) is 24.6. The van der Waals surface area contributed by atoms with Gasteiger partial charge in [0.1, 0.15) is 0 Å². The molecular weight excluding hydrogens is 278 g/mol. The van der Waals surface area contributed by atoms with Crippen LogP contribution in [0, 0.1) is 5.92 Å². The van der Waals surface area contributed by atoms with Crippen molar-refractivity contribution in [1.29, 1.82) is 0 Å². The van der Waals surface area contributed by atoms with Crippen molar-refractivity contribution in [3.8, 4) is 0 Å². The van der Waals surface area contributed by atoms with Crippen molar-refractivity contribution in [3.05, 3.63) is 34.9 Å².